The molecule has 7 nitrogen and oxygen atoms in total. The maximum atomic E-state index is 12.6. The van der Waals surface area contributed by atoms with Crippen LogP contribution in [-0.2, 0) is 9.59 Å². The summed E-state index contributed by atoms with van der Waals surface area (Å²) in [5, 5.41) is 0. The maximum absolute atomic E-state index is 12.6. The van der Waals surface area contributed by atoms with Crippen LogP contribution in [0.4, 0.5) is 10.5 Å². The van der Waals surface area contributed by atoms with Crippen LogP contribution < -0.4 is 9.64 Å². The second kappa shape index (κ2) is 7.03. The minimum atomic E-state index is -1.02. The zero-order valence-corrected chi connectivity index (χ0v) is 15.2. The Kier molecular flexibility index (Phi) is 4.77. The van der Waals surface area contributed by atoms with Gasteiger partial charge in [0.1, 0.15) is 5.75 Å². The highest BCUT2D eigenvalue weighted by atomic mass is 16.5. The van der Waals surface area contributed by atoms with Gasteiger partial charge in [-0.3, -0.25) is 14.4 Å². The molecule has 0 aliphatic carbocycles. The van der Waals surface area contributed by atoms with Gasteiger partial charge < -0.3 is 4.74 Å². The smallest absolute Gasteiger partial charge is 0.339 e. The fraction of sp³-hybridized carbons (Fsp3) is 0.200. The topological polar surface area (TPSA) is 84.0 Å². The number of aryl methyl sites for hydroxylation is 2. The van der Waals surface area contributed by atoms with E-state index >= 15 is 0 Å². The number of urea groups is 1. The summed E-state index contributed by atoms with van der Waals surface area (Å²) in [4.78, 5) is 51.2. The standard InChI is InChI=1S/C20H18N2O5/c1-12-4-5-13(2)16(10-12)17(23)11-21-18(24)19(25)22(20(21)26)14-6-8-15(27-3)9-7-14/h4-10H,11H2,1-3H3. The molecule has 0 spiro atoms. The van der Waals surface area contributed by atoms with E-state index in [0.29, 0.717) is 16.2 Å². The van der Waals surface area contributed by atoms with Crippen LogP contribution in [0.2, 0.25) is 0 Å². The first kappa shape index (κ1) is 18.3. The van der Waals surface area contributed by atoms with Gasteiger partial charge in [0, 0.05) is 5.56 Å². The third-order valence-corrected chi connectivity index (χ3v) is 4.38. The molecular weight excluding hydrogens is 348 g/mol. The van der Waals surface area contributed by atoms with Crippen molar-refractivity contribution in [1.82, 2.24) is 4.90 Å². The molecule has 2 aromatic rings. The van der Waals surface area contributed by atoms with Crippen molar-refractivity contribution in [3.05, 3.63) is 59.2 Å². The Morgan fingerprint density at radius 3 is 2.26 bits per heavy atom. The quantitative estimate of drug-likeness (QED) is 0.461. The molecule has 1 aliphatic heterocycles. The average molecular weight is 366 g/mol. The van der Waals surface area contributed by atoms with Crippen LogP contribution in [-0.4, -0.2) is 42.2 Å². The molecule has 0 bridgehead atoms. The molecule has 2 aromatic carbocycles. The molecule has 27 heavy (non-hydrogen) atoms. The number of amides is 4. The zero-order valence-electron chi connectivity index (χ0n) is 15.2. The Balaban J connectivity index is 1.85. The predicted molar refractivity (Wildman–Crippen MR) is 97.8 cm³/mol. The molecule has 0 saturated carbocycles. The Labute approximate surface area is 156 Å². The van der Waals surface area contributed by atoms with Crippen molar-refractivity contribution < 1.29 is 23.9 Å². The lowest BCUT2D eigenvalue weighted by Gasteiger charge is -2.16. The summed E-state index contributed by atoms with van der Waals surface area (Å²) in [6.07, 6.45) is 0. The van der Waals surface area contributed by atoms with Crippen molar-refractivity contribution >= 4 is 29.3 Å². The van der Waals surface area contributed by atoms with Crippen LogP contribution in [0.1, 0.15) is 21.5 Å². The van der Waals surface area contributed by atoms with Gasteiger partial charge in [0.2, 0.25) is 0 Å². The minimum absolute atomic E-state index is 0.237. The summed E-state index contributed by atoms with van der Waals surface area (Å²) in [6, 6.07) is 10.7. The molecule has 0 atom stereocenters. The molecule has 3 rings (SSSR count). The number of benzene rings is 2. The first-order valence-corrected chi connectivity index (χ1v) is 8.28. The number of ether oxygens (including phenoxy) is 1. The molecule has 0 radical (unpaired) electrons. The summed E-state index contributed by atoms with van der Waals surface area (Å²) in [7, 11) is 1.49. The number of carbonyl (C=O) groups is 4. The molecule has 4 amide bonds. The van der Waals surface area contributed by atoms with E-state index in [1.807, 2.05) is 13.0 Å². The monoisotopic (exact) mass is 366 g/mol. The maximum Gasteiger partial charge on any atom is 0.339 e. The van der Waals surface area contributed by atoms with E-state index in [1.54, 1.807) is 31.2 Å². The van der Waals surface area contributed by atoms with Crippen molar-refractivity contribution in [3.63, 3.8) is 0 Å². The van der Waals surface area contributed by atoms with Gasteiger partial charge in [-0.25, -0.2) is 14.6 Å². The van der Waals surface area contributed by atoms with E-state index in [-0.39, 0.29) is 5.69 Å². The number of carbonyl (C=O) groups excluding carboxylic acids is 4. The highest BCUT2D eigenvalue weighted by Gasteiger charge is 2.46. The van der Waals surface area contributed by atoms with Crippen molar-refractivity contribution in [2.45, 2.75) is 13.8 Å². The number of imide groups is 2. The Morgan fingerprint density at radius 1 is 0.963 bits per heavy atom. The first-order valence-electron chi connectivity index (χ1n) is 8.28. The molecule has 7 heteroatoms. The molecular formula is C20H18N2O5. The highest BCUT2D eigenvalue weighted by molar-refractivity contribution is 6.53. The van der Waals surface area contributed by atoms with Gasteiger partial charge in [-0.1, -0.05) is 17.7 Å². The second-order valence-electron chi connectivity index (χ2n) is 6.25. The lowest BCUT2D eigenvalue weighted by Crippen LogP contribution is -2.37. The van der Waals surface area contributed by atoms with Crippen LogP contribution in [0.3, 0.4) is 0 Å². The average Bonchev–Trinajstić information content (AvgIpc) is 2.87. The van der Waals surface area contributed by atoms with Crippen LogP contribution in [0.5, 0.6) is 5.75 Å². The number of rotatable bonds is 5. The second-order valence-corrected chi connectivity index (χ2v) is 6.25. The van der Waals surface area contributed by atoms with Gasteiger partial charge in [-0.2, -0.15) is 0 Å². The molecule has 0 unspecified atom stereocenters. The largest absolute Gasteiger partial charge is 0.497 e. The van der Waals surface area contributed by atoms with Crippen molar-refractivity contribution in [3.8, 4) is 5.75 Å². The third kappa shape index (κ3) is 3.31. The van der Waals surface area contributed by atoms with Crippen molar-refractivity contribution in [2.24, 2.45) is 0 Å². The number of anilines is 1. The molecule has 1 fully saturated rings. The number of hydrogen-bond donors (Lipinski definition) is 0. The van der Waals surface area contributed by atoms with Gasteiger partial charge in [-0.05, 0) is 49.7 Å². The zero-order chi connectivity index (χ0) is 19.7. The van der Waals surface area contributed by atoms with Gasteiger partial charge in [-0.15, -0.1) is 0 Å². The lowest BCUT2D eigenvalue weighted by molar-refractivity contribution is -0.139. The van der Waals surface area contributed by atoms with Crippen molar-refractivity contribution in [2.75, 3.05) is 18.6 Å². The number of methoxy groups -OCH3 is 1. The molecule has 1 saturated heterocycles. The fourth-order valence-electron chi connectivity index (χ4n) is 2.87. The molecule has 1 heterocycles. The third-order valence-electron chi connectivity index (χ3n) is 4.38. The molecule has 0 aromatic heterocycles. The Bertz CT molecular complexity index is 949. The van der Waals surface area contributed by atoms with Gasteiger partial charge in [0.25, 0.3) is 0 Å². The van der Waals surface area contributed by atoms with Gasteiger partial charge in [0.05, 0.1) is 19.3 Å². The van der Waals surface area contributed by atoms with Crippen LogP contribution >= 0.6 is 0 Å². The van der Waals surface area contributed by atoms with E-state index in [2.05, 4.69) is 0 Å². The summed E-state index contributed by atoms with van der Waals surface area (Å²) >= 11 is 0. The van der Waals surface area contributed by atoms with Crippen LogP contribution in [0, 0.1) is 13.8 Å². The van der Waals surface area contributed by atoms with Gasteiger partial charge >= 0.3 is 17.8 Å². The lowest BCUT2D eigenvalue weighted by atomic mass is 10.0. The Hall–Kier alpha value is -3.48. The summed E-state index contributed by atoms with van der Waals surface area (Å²) in [6.45, 7) is 3.13. The minimum Gasteiger partial charge on any atom is -0.497 e. The number of hydrogen-bond acceptors (Lipinski definition) is 5. The highest BCUT2D eigenvalue weighted by Crippen LogP contribution is 2.25. The number of ketones is 1. The van der Waals surface area contributed by atoms with E-state index in [4.69, 9.17) is 4.74 Å². The molecule has 1 aliphatic rings. The van der Waals surface area contributed by atoms with E-state index in [9.17, 15) is 19.2 Å². The molecule has 138 valence electrons. The first-order chi connectivity index (χ1) is 12.8. The van der Waals surface area contributed by atoms with Gasteiger partial charge in [0.15, 0.2) is 5.78 Å². The SMILES string of the molecule is COc1ccc(N2C(=O)C(=O)N(CC(=O)c3cc(C)ccc3C)C2=O)cc1. The predicted octanol–water partition coefficient (Wildman–Crippen LogP) is 2.49. The number of Topliss-reactive ketones (excluding diaryl/α,β-unsaturated/α-hetero) is 1. The van der Waals surface area contributed by atoms with Crippen LogP contribution in [0.25, 0.3) is 0 Å². The normalized spacial score (nSPS) is 14.1. The van der Waals surface area contributed by atoms with E-state index < -0.39 is 30.2 Å². The summed E-state index contributed by atoms with van der Waals surface area (Å²) < 4.78 is 5.04. The van der Waals surface area contributed by atoms with Crippen LogP contribution in [0.15, 0.2) is 42.5 Å². The fourth-order valence-corrected chi connectivity index (χ4v) is 2.87. The summed E-state index contributed by atoms with van der Waals surface area (Å²) in [5.74, 6) is -1.86. The Morgan fingerprint density at radius 2 is 1.63 bits per heavy atom. The number of nitrogens with zero attached hydrogens (tertiary/aromatic N) is 2. The molecule has 0 N–H and O–H groups in total. The van der Waals surface area contributed by atoms with Crippen molar-refractivity contribution in [1.29, 1.82) is 0 Å². The van der Waals surface area contributed by atoms with E-state index in [0.717, 1.165) is 16.0 Å². The summed E-state index contributed by atoms with van der Waals surface area (Å²) in [5.41, 5.74) is 2.29. The van der Waals surface area contributed by atoms with E-state index in [1.165, 1.54) is 19.2 Å².